The molecule has 0 aliphatic carbocycles. The molecule has 0 saturated heterocycles. The van der Waals surface area contributed by atoms with Crippen molar-refractivity contribution in [2.75, 3.05) is 0 Å². The summed E-state index contributed by atoms with van der Waals surface area (Å²) in [6.45, 7) is 5.42. The van der Waals surface area contributed by atoms with Crippen LogP contribution in [0.1, 0.15) is 27.3 Å². The number of nitrogens with two attached hydrogens (primary N) is 1. The quantitative estimate of drug-likeness (QED) is 0.714. The highest BCUT2D eigenvalue weighted by molar-refractivity contribution is 6.04. The molecular formula is C10H13N3O2. The van der Waals surface area contributed by atoms with E-state index in [0.29, 0.717) is 11.3 Å². The van der Waals surface area contributed by atoms with E-state index in [1.54, 1.807) is 13.0 Å². The maximum atomic E-state index is 11.5. The molecule has 0 aromatic carbocycles. The minimum absolute atomic E-state index is 0.372. The van der Waals surface area contributed by atoms with Crippen molar-refractivity contribution in [3.63, 3.8) is 0 Å². The summed E-state index contributed by atoms with van der Waals surface area (Å²) in [5.74, 6) is -0.518. The van der Waals surface area contributed by atoms with Crippen LogP contribution >= 0.6 is 0 Å². The first kappa shape index (κ1) is 11.2. The zero-order valence-corrected chi connectivity index (χ0v) is 8.92. The first-order valence-corrected chi connectivity index (χ1v) is 4.47. The molecule has 0 saturated carbocycles. The number of aryl methyl sites for hydroxylation is 3. The predicted octanol–water partition coefficient (Wildman–Crippen LogP) is 0.815. The van der Waals surface area contributed by atoms with Crippen LogP contribution in [0.15, 0.2) is 6.07 Å². The SMILES string of the molecule is Cc1cc(C(=O)NC(N)=O)c(C)nc1C. The number of carbonyl (C=O) groups excluding carboxylic acids is 2. The summed E-state index contributed by atoms with van der Waals surface area (Å²) in [6.07, 6.45) is 0. The Labute approximate surface area is 87.7 Å². The molecule has 1 aromatic rings. The van der Waals surface area contributed by atoms with E-state index < -0.39 is 11.9 Å². The minimum Gasteiger partial charge on any atom is -0.351 e. The number of hydrogen-bond acceptors (Lipinski definition) is 3. The van der Waals surface area contributed by atoms with E-state index in [4.69, 9.17) is 5.73 Å². The highest BCUT2D eigenvalue weighted by Gasteiger charge is 2.12. The fourth-order valence-corrected chi connectivity index (χ4v) is 1.23. The Kier molecular flexibility index (Phi) is 3.04. The topological polar surface area (TPSA) is 85.1 Å². The van der Waals surface area contributed by atoms with Crippen molar-refractivity contribution >= 4 is 11.9 Å². The molecule has 0 spiro atoms. The number of aromatic nitrogens is 1. The van der Waals surface area contributed by atoms with E-state index in [0.717, 1.165) is 11.3 Å². The molecule has 3 N–H and O–H groups in total. The van der Waals surface area contributed by atoms with E-state index in [2.05, 4.69) is 4.98 Å². The van der Waals surface area contributed by atoms with Crippen molar-refractivity contribution in [3.8, 4) is 0 Å². The molecule has 15 heavy (non-hydrogen) atoms. The zero-order chi connectivity index (χ0) is 11.6. The van der Waals surface area contributed by atoms with Crippen LogP contribution in [0.4, 0.5) is 4.79 Å². The van der Waals surface area contributed by atoms with Gasteiger partial charge >= 0.3 is 6.03 Å². The molecular weight excluding hydrogens is 194 g/mol. The van der Waals surface area contributed by atoms with E-state index in [9.17, 15) is 9.59 Å². The molecule has 0 unspecified atom stereocenters. The third kappa shape index (κ3) is 2.52. The molecule has 0 aliphatic rings. The second-order valence-corrected chi connectivity index (χ2v) is 3.34. The largest absolute Gasteiger partial charge is 0.351 e. The second-order valence-electron chi connectivity index (χ2n) is 3.34. The van der Waals surface area contributed by atoms with E-state index in [1.807, 2.05) is 19.2 Å². The number of hydrogen-bond donors (Lipinski definition) is 2. The molecule has 5 nitrogen and oxygen atoms in total. The van der Waals surface area contributed by atoms with Gasteiger partial charge in [-0.2, -0.15) is 0 Å². The lowest BCUT2D eigenvalue weighted by Crippen LogP contribution is -2.35. The molecule has 80 valence electrons. The number of nitrogens with one attached hydrogen (secondary N) is 1. The molecule has 5 heteroatoms. The third-order valence-electron chi connectivity index (χ3n) is 2.14. The highest BCUT2D eigenvalue weighted by Crippen LogP contribution is 2.11. The van der Waals surface area contributed by atoms with Gasteiger partial charge in [-0.3, -0.25) is 15.1 Å². The molecule has 0 aliphatic heterocycles. The van der Waals surface area contributed by atoms with Crippen LogP contribution in [0.3, 0.4) is 0 Å². The Bertz CT molecular complexity index is 427. The van der Waals surface area contributed by atoms with E-state index in [-0.39, 0.29) is 0 Å². The van der Waals surface area contributed by atoms with Crippen molar-refractivity contribution in [3.05, 3.63) is 28.6 Å². The predicted molar refractivity (Wildman–Crippen MR) is 55.5 cm³/mol. The summed E-state index contributed by atoms with van der Waals surface area (Å²) in [7, 11) is 0. The Morgan fingerprint density at radius 3 is 2.40 bits per heavy atom. The summed E-state index contributed by atoms with van der Waals surface area (Å²) in [4.78, 5) is 26.2. The van der Waals surface area contributed by atoms with Crippen molar-refractivity contribution < 1.29 is 9.59 Å². The number of amides is 3. The van der Waals surface area contributed by atoms with Crippen LogP contribution in [0, 0.1) is 20.8 Å². The van der Waals surface area contributed by atoms with Crippen LogP contribution in [0.5, 0.6) is 0 Å². The average molecular weight is 207 g/mol. The van der Waals surface area contributed by atoms with Crippen LogP contribution in [-0.2, 0) is 0 Å². The van der Waals surface area contributed by atoms with Crippen molar-refractivity contribution in [2.45, 2.75) is 20.8 Å². The molecule has 1 aromatic heterocycles. The number of nitrogens with zero attached hydrogens (tertiary/aromatic N) is 1. The molecule has 0 atom stereocenters. The van der Waals surface area contributed by atoms with E-state index in [1.165, 1.54) is 0 Å². The third-order valence-corrected chi connectivity index (χ3v) is 2.14. The van der Waals surface area contributed by atoms with Gasteiger partial charge in [0.15, 0.2) is 0 Å². The first-order chi connectivity index (χ1) is 6.91. The number of primary amides is 1. The van der Waals surface area contributed by atoms with Crippen LogP contribution < -0.4 is 11.1 Å². The molecule has 0 fully saturated rings. The van der Waals surface area contributed by atoms with Crippen LogP contribution in [0.25, 0.3) is 0 Å². The van der Waals surface area contributed by atoms with Gasteiger partial charge in [0.05, 0.1) is 11.3 Å². The summed E-state index contributed by atoms with van der Waals surface area (Å²) in [6, 6.07) is 0.827. The lowest BCUT2D eigenvalue weighted by Gasteiger charge is -2.07. The van der Waals surface area contributed by atoms with Crippen molar-refractivity contribution in [1.82, 2.24) is 10.3 Å². The summed E-state index contributed by atoms with van der Waals surface area (Å²) in [5, 5.41) is 2.01. The van der Waals surface area contributed by atoms with Gasteiger partial charge in [0.25, 0.3) is 5.91 Å². The second kappa shape index (κ2) is 4.08. The monoisotopic (exact) mass is 207 g/mol. The first-order valence-electron chi connectivity index (χ1n) is 4.47. The maximum Gasteiger partial charge on any atom is 0.319 e. The Balaban J connectivity index is 3.09. The number of pyridine rings is 1. The molecule has 3 amide bonds. The molecule has 1 rings (SSSR count). The Hall–Kier alpha value is -1.91. The van der Waals surface area contributed by atoms with Gasteiger partial charge in [0, 0.05) is 5.69 Å². The number of carbonyl (C=O) groups is 2. The lowest BCUT2D eigenvalue weighted by atomic mass is 10.1. The van der Waals surface area contributed by atoms with Crippen LogP contribution in [0.2, 0.25) is 0 Å². The average Bonchev–Trinajstić information content (AvgIpc) is 2.09. The zero-order valence-electron chi connectivity index (χ0n) is 8.92. The fourth-order valence-electron chi connectivity index (χ4n) is 1.23. The molecule has 1 heterocycles. The van der Waals surface area contributed by atoms with Gasteiger partial charge in [-0.15, -0.1) is 0 Å². The van der Waals surface area contributed by atoms with Crippen molar-refractivity contribution in [2.24, 2.45) is 5.73 Å². The van der Waals surface area contributed by atoms with Crippen LogP contribution in [-0.4, -0.2) is 16.9 Å². The molecule has 0 radical (unpaired) electrons. The fraction of sp³-hybridized carbons (Fsp3) is 0.300. The van der Waals surface area contributed by atoms with Gasteiger partial charge in [0.1, 0.15) is 0 Å². The standard InChI is InChI=1S/C10H13N3O2/c1-5-4-8(7(3)12-6(5)2)9(14)13-10(11)15/h4H,1-3H3,(H3,11,13,14,15). The summed E-state index contributed by atoms with van der Waals surface area (Å²) >= 11 is 0. The molecule has 0 bridgehead atoms. The van der Waals surface area contributed by atoms with Gasteiger partial charge in [0.2, 0.25) is 0 Å². The lowest BCUT2D eigenvalue weighted by molar-refractivity contribution is 0.0965. The minimum atomic E-state index is -0.863. The highest BCUT2D eigenvalue weighted by atomic mass is 16.2. The number of imide groups is 1. The number of urea groups is 1. The number of rotatable bonds is 1. The smallest absolute Gasteiger partial charge is 0.319 e. The van der Waals surface area contributed by atoms with E-state index >= 15 is 0 Å². The summed E-state index contributed by atoms with van der Waals surface area (Å²) < 4.78 is 0. The van der Waals surface area contributed by atoms with Gasteiger partial charge in [-0.05, 0) is 32.4 Å². The van der Waals surface area contributed by atoms with Gasteiger partial charge in [-0.25, -0.2) is 4.79 Å². The Morgan fingerprint density at radius 1 is 1.27 bits per heavy atom. The maximum absolute atomic E-state index is 11.5. The summed E-state index contributed by atoms with van der Waals surface area (Å²) in [5.41, 5.74) is 7.57. The Morgan fingerprint density at radius 2 is 1.87 bits per heavy atom. The normalized spacial score (nSPS) is 9.80. The van der Waals surface area contributed by atoms with Crippen molar-refractivity contribution in [1.29, 1.82) is 0 Å². The van der Waals surface area contributed by atoms with Gasteiger partial charge in [-0.1, -0.05) is 0 Å². The van der Waals surface area contributed by atoms with Gasteiger partial charge < -0.3 is 5.73 Å².